The van der Waals surface area contributed by atoms with Crippen LogP contribution in [0.1, 0.15) is 12.0 Å². The minimum Gasteiger partial charge on any atom is -0.460 e. The Kier molecular flexibility index (Phi) is 8.40. The number of esters is 1. The highest BCUT2D eigenvalue weighted by atomic mass is 35.5. The molecule has 0 amide bonds. The minimum atomic E-state index is -0.545. The maximum Gasteiger partial charge on any atom is 0.323 e. The highest BCUT2D eigenvalue weighted by Crippen LogP contribution is 2.02. The van der Waals surface area contributed by atoms with Crippen LogP contribution in [0.15, 0.2) is 30.3 Å². The van der Waals surface area contributed by atoms with E-state index >= 15 is 0 Å². The summed E-state index contributed by atoms with van der Waals surface area (Å²) in [5, 5.41) is 2.94. The van der Waals surface area contributed by atoms with E-state index in [1.54, 1.807) is 0 Å². The van der Waals surface area contributed by atoms with Gasteiger partial charge in [-0.15, -0.1) is 12.4 Å². The molecule has 0 bridgehead atoms. The number of carbonyl (C=O) groups is 1. The number of halogens is 1. The van der Waals surface area contributed by atoms with E-state index in [9.17, 15) is 4.79 Å². The number of ether oxygens (including phenoxy) is 1. The molecule has 0 spiro atoms. The molecule has 3 N–H and O–H groups in total. The number of hydrogen-bond donors (Lipinski definition) is 2. The number of nitrogens with two attached hydrogens (primary N) is 1. The summed E-state index contributed by atoms with van der Waals surface area (Å²) in [6.07, 6.45) is 0.587. The van der Waals surface area contributed by atoms with Gasteiger partial charge >= 0.3 is 5.97 Å². The van der Waals surface area contributed by atoms with Gasteiger partial charge in [-0.3, -0.25) is 4.79 Å². The van der Waals surface area contributed by atoms with E-state index in [4.69, 9.17) is 10.5 Å². The van der Waals surface area contributed by atoms with Crippen molar-refractivity contribution in [2.24, 2.45) is 5.73 Å². The standard InChI is InChI=1S/C12H18N2O2.ClH/c1-14-8-7-11(13)12(15)16-9-10-5-3-2-4-6-10;/h2-6,11,14H,7-9,13H2,1H3;1H. The molecule has 0 heterocycles. The summed E-state index contributed by atoms with van der Waals surface area (Å²) in [6, 6.07) is 9.01. The lowest BCUT2D eigenvalue weighted by Crippen LogP contribution is -2.34. The summed E-state index contributed by atoms with van der Waals surface area (Å²) < 4.78 is 5.10. The number of benzene rings is 1. The van der Waals surface area contributed by atoms with Crippen molar-refractivity contribution in [1.82, 2.24) is 5.32 Å². The fraction of sp³-hybridized carbons (Fsp3) is 0.417. The first-order chi connectivity index (χ1) is 7.74. The van der Waals surface area contributed by atoms with Gasteiger partial charge in [-0.2, -0.15) is 0 Å². The molecule has 1 rings (SSSR count). The van der Waals surface area contributed by atoms with Crippen molar-refractivity contribution in [3.8, 4) is 0 Å². The van der Waals surface area contributed by atoms with Crippen LogP contribution in [0.25, 0.3) is 0 Å². The smallest absolute Gasteiger partial charge is 0.323 e. The molecule has 1 aromatic carbocycles. The number of rotatable bonds is 6. The lowest BCUT2D eigenvalue weighted by molar-refractivity contribution is -0.146. The molecule has 1 aromatic rings. The molecule has 17 heavy (non-hydrogen) atoms. The van der Waals surface area contributed by atoms with Gasteiger partial charge < -0.3 is 15.8 Å². The highest BCUT2D eigenvalue weighted by Gasteiger charge is 2.13. The maximum atomic E-state index is 11.4. The number of nitrogens with one attached hydrogen (secondary N) is 1. The van der Waals surface area contributed by atoms with Gasteiger partial charge in [-0.1, -0.05) is 30.3 Å². The normalized spacial score (nSPS) is 11.4. The molecule has 1 unspecified atom stereocenters. The van der Waals surface area contributed by atoms with Crippen molar-refractivity contribution < 1.29 is 9.53 Å². The van der Waals surface area contributed by atoms with Crippen LogP contribution in [0, 0.1) is 0 Å². The summed E-state index contributed by atoms with van der Waals surface area (Å²) in [5.74, 6) is -0.348. The van der Waals surface area contributed by atoms with Crippen LogP contribution in [0.3, 0.4) is 0 Å². The van der Waals surface area contributed by atoms with Gasteiger partial charge in [-0.05, 0) is 25.6 Å². The number of hydrogen-bond acceptors (Lipinski definition) is 4. The first-order valence-electron chi connectivity index (χ1n) is 5.34. The zero-order chi connectivity index (χ0) is 11.8. The van der Waals surface area contributed by atoms with E-state index in [-0.39, 0.29) is 25.0 Å². The van der Waals surface area contributed by atoms with Crippen LogP contribution in [0.2, 0.25) is 0 Å². The minimum absolute atomic E-state index is 0. The summed E-state index contributed by atoms with van der Waals surface area (Å²) in [4.78, 5) is 11.4. The Bertz CT molecular complexity index is 320. The van der Waals surface area contributed by atoms with Crippen LogP contribution in [-0.2, 0) is 16.1 Å². The van der Waals surface area contributed by atoms with Crippen LogP contribution in [0.5, 0.6) is 0 Å². The van der Waals surface area contributed by atoms with Gasteiger partial charge in [0.15, 0.2) is 0 Å². The van der Waals surface area contributed by atoms with Crippen molar-refractivity contribution >= 4 is 18.4 Å². The second kappa shape index (κ2) is 8.98. The van der Waals surface area contributed by atoms with E-state index in [0.29, 0.717) is 13.0 Å². The van der Waals surface area contributed by atoms with E-state index in [2.05, 4.69) is 5.32 Å². The molecule has 0 aliphatic carbocycles. The van der Waals surface area contributed by atoms with Gasteiger partial charge in [0, 0.05) is 0 Å². The van der Waals surface area contributed by atoms with Gasteiger partial charge in [0.2, 0.25) is 0 Å². The molecular formula is C12H19ClN2O2. The first-order valence-corrected chi connectivity index (χ1v) is 5.34. The zero-order valence-corrected chi connectivity index (χ0v) is 10.7. The van der Waals surface area contributed by atoms with Crippen LogP contribution in [-0.4, -0.2) is 25.6 Å². The zero-order valence-electron chi connectivity index (χ0n) is 9.89. The second-order valence-electron chi connectivity index (χ2n) is 3.59. The Balaban J connectivity index is 0.00000256. The summed E-state index contributed by atoms with van der Waals surface area (Å²) in [5.41, 5.74) is 6.62. The monoisotopic (exact) mass is 258 g/mol. The SMILES string of the molecule is CNCCC(N)C(=O)OCc1ccccc1.Cl. The van der Waals surface area contributed by atoms with Crippen molar-refractivity contribution in [3.63, 3.8) is 0 Å². The Morgan fingerprint density at radius 3 is 2.65 bits per heavy atom. The average molecular weight is 259 g/mol. The molecule has 1 atom stereocenters. The largest absolute Gasteiger partial charge is 0.460 e. The number of carbonyl (C=O) groups excluding carboxylic acids is 1. The van der Waals surface area contributed by atoms with Crippen molar-refractivity contribution in [2.45, 2.75) is 19.1 Å². The van der Waals surface area contributed by atoms with Crippen LogP contribution < -0.4 is 11.1 Å². The Labute approximate surface area is 108 Å². The van der Waals surface area contributed by atoms with Crippen LogP contribution in [0.4, 0.5) is 0 Å². The predicted octanol–water partition coefficient (Wildman–Crippen LogP) is 1.09. The molecular weight excluding hydrogens is 240 g/mol. The lowest BCUT2D eigenvalue weighted by Gasteiger charge is -2.11. The average Bonchev–Trinajstić information content (AvgIpc) is 2.34. The molecule has 0 saturated heterocycles. The highest BCUT2D eigenvalue weighted by molar-refractivity contribution is 5.85. The third-order valence-electron chi connectivity index (χ3n) is 2.23. The van der Waals surface area contributed by atoms with Crippen molar-refractivity contribution in [3.05, 3.63) is 35.9 Å². The van der Waals surface area contributed by atoms with E-state index < -0.39 is 6.04 Å². The summed E-state index contributed by atoms with van der Waals surface area (Å²) in [6.45, 7) is 0.995. The third-order valence-corrected chi connectivity index (χ3v) is 2.23. The van der Waals surface area contributed by atoms with Crippen molar-refractivity contribution in [2.75, 3.05) is 13.6 Å². The Morgan fingerprint density at radius 1 is 1.41 bits per heavy atom. The Hall–Kier alpha value is -1.10. The molecule has 96 valence electrons. The summed E-state index contributed by atoms with van der Waals surface area (Å²) in [7, 11) is 1.82. The third kappa shape index (κ3) is 6.26. The topological polar surface area (TPSA) is 64.3 Å². The van der Waals surface area contributed by atoms with E-state index in [1.807, 2.05) is 37.4 Å². The second-order valence-corrected chi connectivity index (χ2v) is 3.59. The summed E-state index contributed by atoms with van der Waals surface area (Å²) >= 11 is 0. The molecule has 0 radical (unpaired) electrons. The van der Waals surface area contributed by atoms with Gasteiger partial charge in [0.1, 0.15) is 12.6 Å². The van der Waals surface area contributed by atoms with Gasteiger partial charge in [0.05, 0.1) is 0 Å². The van der Waals surface area contributed by atoms with E-state index in [1.165, 1.54) is 0 Å². The van der Waals surface area contributed by atoms with Crippen molar-refractivity contribution in [1.29, 1.82) is 0 Å². The molecule has 0 aliphatic rings. The quantitative estimate of drug-likeness (QED) is 0.750. The predicted molar refractivity (Wildman–Crippen MR) is 70.0 cm³/mol. The lowest BCUT2D eigenvalue weighted by atomic mass is 10.2. The maximum absolute atomic E-state index is 11.4. The molecule has 5 heteroatoms. The molecule has 0 fully saturated rings. The Morgan fingerprint density at radius 2 is 2.06 bits per heavy atom. The van der Waals surface area contributed by atoms with Gasteiger partial charge in [-0.25, -0.2) is 0 Å². The fourth-order valence-electron chi connectivity index (χ4n) is 1.25. The molecule has 4 nitrogen and oxygen atoms in total. The van der Waals surface area contributed by atoms with E-state index in [0.717, 1.165) is 5.56 Å². The first kappa shape index (κ1) is 15.9. The molecule has 0 aromatic heterocycles. The molecule has 0 saturated carbocycles. The van der Waals surface area contributed by atoms with Crippen LogP contribution >= 0.6 is 12.4 Å². The molecule has 0 aliphatic heterocycles. The fourth-order valence-corrected chi connectivity index (χ4v) is 1.25. The van der Waals surface area contributed by atoms with Gasteiger partial charge in [0.25, 0.3) is 0 Å².